The molecule has 0 aliphatic carbocycles. The first-order valence-corrected chi connectivity index (χ1v) is 7.02. The summed E-state index contributed by atoms with van der Waals surface area (Å²) in [6.45, 7) is 4.20. The van der Waals surface area contributed by atoms with Crippen LogP contribution in [0.4, 0.5) is 0 Å². The molecule has 1 N–H and O–H groups in total. The van der Waals surface area contributed by atoms with E-state index in [1.165, 1.54) is 16.7 Å². The van der Waals surface area contributed by atoms with Crippen molar-refractivity contribution in [3.8, 4) is 11.5 Å². The summed E-state index contributed by atoms with van der Waals surface area (Å²) in [5, 5.41) is 3.45. The molecule has 112 valence electrons. The number of hydrogen-bond acceptors (Lipinski definition) is 3. The lowest BCUT2D eigenvalue weighted by molar-refractivity contribution is 0.174. The Labute approximate surface area is 136 Å². The Bertz CT molecular complexity index is 584. The molecule has 3 nitrogen and oxygen atoms in total. The summed E-state index contributed by atoms with van der Waals surface area (Å²) in [7, 11) is 0. The van der Waals surface area contributed by atoms with Crippen molar-refractivity contribution in [2.45, 2.75) is 26.4 Å². The molecule has 0 amide bonds. The standard InChI is InChI=1S/C17H19NO2.BrH/c1-2-13-3-5-14(6-4-13)10-18-11-15-7-8-16-17(9-15)20-12-19-16;/h3-9,18H,2,10-12H2,1H3;1H. The summed E-state index contributed by atoms with van der Waals surface area (Å²) in [5.74, 6) is 1.68. The third kappa shape index (κ3) is 3.99. The van der Waals surface area contributed by atoms with Crippen LogP contribution in [0.3, 0.4) is 0 Å². The van der Waals surface area contributed by atoms with Crippen molar-refractivity contribution in [3.05, 3.63) is 59.2 Å². The Balaban J connectivity index is 0.00000161. The number of aryl methyl sites for hydroxylation is 1. The van der Waals surface area contributed by atoms with Crippen LogP contribution in [0.1, 0.15) is 23.6 Å². The van der Waals surface area contributed by atoms with Gasteiger partial charge in [-0.05, 0) is 35.2 Å². The lowest BCUT2D eigenvalue weighted by Gasteiger charge is -2.07. The van der Waals surface area contributed by atoms with Crippen LogP contribution in [0.2, 0.25) is 0 Å². The van der Waals surface area contributed by atoms with Gasteiger partial charge in [0.1, 0.15) is 0 Å². The fourth-order valence-corrected chi connectivity index (χ4v) is 2.29. The van der Waals surface area contributed by atoms with Crippen LogP contribution in [0.5, 0.6) is 11.5 Å². The van der Waals surface area contributed by atoms with Gasteiger partial charge in [0.25, 0.3) is 0 Å². The van der Waals surface area contributed by atoms with Gasteiger partial charge in [-0.3, -0.25) is 0 Å². The third-order valence-corrected chi connectivity index (χ3v) is 3.53. The second-order valence-corrected chi connectivity index (χ2v) is 4.96. The number of benzene rings is 2. The topological polar surface area (TPSA) is 30.5 Å². The molecule has 1 aliphatic heterocycles. The van der Waals surface area contributed by atoms with Gasteiger partial charge in [0, 0.05) is 13.1 Å². The van der Waals surface area contributed by atoms with Crippen molar-refractivity contribution in [1.82, 2.24) is 5.32 Å². The van der Waals surface area contributed by atoms with E-state index < -0.39 is 0 Å². The highest BCUT2D eigenvalue weighted by Gasteiger charge is 2.12. The molecule has 0 spiro atoms. The minimum atomic E-state index is 0. The monoisotopic (exact) mass is 349 g/mol. The summed E-state index contributed by atoms with van der Waals surface area (Å²) < 4.78 is 10.7. The van der Waals surface area contributed by atoms with E-state index in [-0.39, 0.29) is 17.0 Å². The molecule has 1 heterocycles. The van der Waals surface area contributed by atoms with Crippen LogP contribution in [0.25, 0.3) is 0 Å². The normalized spacial score (nSPS) is 12.0. The van der Waals surface area contributed by atoms with E-state index in [0.717, 1.165) is 31.0 Å². The third-order valence-electron chi connectivity index (χ3n) is 3.53. The average Bonchev–Trinajstić information content (AvgIpc) is 2.95. The highest BCUT2D eigenvalue weighted by molar-refractivity contribution is 8.93. The Hall–Kier alpha value is -1.52. The van der Waals surface area contributed by atoms with Gasteiger partial charge >= 0.3 is 0 Å². The van der Waals surface area contributed by atoms with Crippen LogP contribution < -0.4 is 14.8 Å². The first-order valence-electron chi connectivity index (χ1n) is 7.02. The van der Waals surface area contributed by atoms with Crippen molar-refractivity contribution in [2.24, 2.45) is 0 Å². The second-order valence-electron chi connectivity index (χ2n) is 4.96. The molecule has 4 heteroatoms. The molecule has 2 aromatic carbocycles. The van der Waals surface area contributed by atoms with Crippen LogP contribution in [-0.4, -0.2) is 6.79 Å². The minimum Gasteiger partial charge on any atom is -0.454 e. The molecular formula is C17H20BrNO2. The maximum Gasteiger partial charge on any atom is 0.231 e. The fraction of sp³-hybridized carbons (Fsp3) is 0.294. The Morgan fingerprint density at radius 2 is 1.48 bits per heavy atom. The molecule has 21 heavy (non-hydrogen) atoms. The largest absolute Gasteiger partial charge is 0.454 e. The smallest absolute Gasteiger partial charge is 0.231 e. The average molecular weight is 350 g/mol. The zero-order valence-corrected chi connectivity index (χ0v) is 13.8. The van der Waals surface area contributed by atoms with E-state index in [0.29, 0.717) is 6.79 Å². The van der Waals surface area contributed by atoms with E-state index in [1.807, 2.05) is 12.1 Å². The molecule has 0 radical (unpaired) electrons. The highest BCUT2D eigenvalue weighted by Crippen LogP contribution is 2.32. The van der Waals surface area contributed by atoms with Crippen LogP contribution in [-0.2, 0) is 19.5 Å². The van der Waals surface area contributed by atoms with Gasteiger partial charge in [0.2, 0.25) is 6.79 Å². The molecule has 0 atom stereocenters. The quantitative estimate of drug-likeness (QED) is 0.889. The summed E-state index contributed by atoms with van der Waals surface area (Å²) in [5.41, 5.74) is 3.90. The lowest BCUT2D eigenvalue weighted by Crippen LogP contribution is -2.12. The number of ether oxygens (including phenoxy) is 2. The maximum absolute atomic E-state index is 5.38. The number of nitrogens with one attached hydrogen (secondary N) is 1. The first-order chi connectivity index (χ1) is 9.85. The molecule has 0 aromatic heterocycles. The van der Waals surface area contributed by atoms with Crippen LogP contribution >= 0.6 is 17.0 Å². The summed E-state index contributed by atoms with van der Waals surface area (Å²) in [6, 6.07) is 14.8. The molecule has 3 rings (SSSR count). The molecule has 0 saturated heterocycles. The van der Waals surface area contributed by atoms with Gasteiger partial charge in [-0.2, -0.15) is 0 Å². The van der Waals surface area contributed by atoms with Crippen molar-refractivity contribution < 1.29 is 9.47 Å². The molecular weight excluding hydrogens is 330 g/mol. The SMILES string of the molecule is Br.CCc1ccc(CNCc2ccc3c(c2)OCO3)cc1. The van der Waals surface area contributed by atoms with Gasteiger partial charge in [0.05, 0.1) is 0 Å². The van der Waals surface area contributed by atoms with Crippen LogP contribution in [0.15, 0.2) is 42.5 Å². The molecule has 0 saturated carbocycles. The predicted molar refractivity (Wildman–Crippen MR) is 89.3 cm³/mol. The number of rotatable bonds is 5. The molecule has 0 fully saturated rings. The van der Waals surface area contributed by atoms with Crippen molar-refractivity contribution in [1.29, 1.82) is 0 Å². The van der Waals surface area contributed by atoms with Crippen LogP contribution in [0, 0.1) is 0 Å². The van der Waals surface area contributed by atoms with Crippen molar-refractivity contribution in [2.75, 3.05) is 6.79 Å². The van der Waals surface area contributed by atoms with Crippen molar-refractivity contribution in [3.63, 3.8) is 0 Å². The maximum atomic E-state index is 5.38. The van der Waals surface area contributed by atoms with Gasteiger partial charge in [-0.15, -0.1) is 17.0 Å². The summed E-state index contributed by atoms with van der Waals surface area (Å²) in [4.78, 5) is 0. The Morgan fingerprint density at radius 3 is 2.24 bits per heavy atom. The molecule has 0 bridgehead atoms. The van der Waals surface area contributed by atoms with Gasteiger partial charge in [0.15, 0.2) is 11.5 Å². The lowest BCUT2D eigenvalue weighted by atomic mass is 10.1. The zero-order valence-electron chi connectivity index (χ0n) is 12.1. The summed E-state index contributed by atoms with van der Waals surface area (Å²) in [6.07, 6.45) is 1.09. The van der Waals surface area contributed by atoms with E-state index in [2.05, 4.69) is 42.6 Å². The number of halogens is 1. The van der Waals surface area contributed by atoms with Crippen molar-refractivity contribution >= 4 is 17.0 Å². The van der Waals surface area contributed by atoms with E-state index in [1.54, 1.807) is 0 Å². The van der Waals surface area contributed by atoms with E-state index in [4.69, 9.17) is 9.47 Å². The number of fused-ring (bicyclic) bond motifs is 1. The molecule has 0 unspecified atom stereocenters. The fourth-order valence-electron chi connectivity index (χ4n) is 2.29. The van der Waals surface area contributed by atoms with E-state index in [9.17, 15) is 0 Å². The van der Waals surface area contributed by atoms with Gasteiger partial charge < -0.3 is 14.8 Å². The van der Waals surface area contributed by atoms with E-state index >= 15 is 0 Å². The van der Waals surface area contributed by atoms with Gasteiger partial charge in [-0.25, -0.2) is 0 Å². The second kappa shape index (κ2) is 7.48. The Kier molecular flexibility index (Phi) is 5.65. The minimum absolute atomic E-state index is 0. The zero-order chi connectivity index (χ0) is 13.8. The Morgan fingerprint density at radius 1 is 0.857 bits per heavy atom. The molecule has 2 aromatic rings. The first kappa shape index (κ1) is 15.9. The molecule has 1 aliphatic rings. The predicted octanol–water partition coefficient (Wildman–Crippen LogP) is 3.85. The summed E-state index contributed by atoms with van der Waals surface area (Å²) >= 11 is 0. The van der Waals surface area contributed by atoms with Gasteiger partial charge in [-0.1, -0.05) is 37.3 Å². The highest BCUT2D eigenvalue weighted by atomic mass is 79.9. The number of hydrogen-bond donors (Lipinski definition) is 1.